The third kappa shape index (κ3) is 8.14. The third-order valence-corrected chi connectivity index (χ3v) is 8.25. The zero-order chi connectivity index (χ0) is 27.2. The van der Waals surface area contributed by atoms with Gasteiger partial charge in [0.25, 0.3) is 0 Å². The van der Waals surface area contributed by atoms with Gasteiger partial charge < -0.3 is 35.4 Å². The predicted molar refractivity (Wildman–Crippen MR) is 150 cm³/mol. The molecule has 0 N–H and O–H groups in total. The second-order valence-electron chi connectivity index (χ2n) is 11.3. The molecule has 0 bridgehead atoms. The maximum absolute atomic E-state index is 12.3. The van der Waals surface area contributed by atoms with Gasteiger partial charge in [0, 0.05) is 24.1 Å². The standard InChI is InChI=1S/C30H45N4O4.BrH/c1-6-34(7-2,8-3)15-11-9-10-12-16-36-22-25-21-33(32-31-25)20-24-18-29(35)37-28-19-27-23(17-26(24)28)13-14-30(4,5)38-27;/h17-19,21H,6-16,20,22H2,1-5H3;1H/q+1;/p-1. The minimum atomic E-state index is -0.380. The highest BCUT2D eigenvalue weighted by Gasteiger charge is 2.27. The van der Waals surface area contributed by atoms with E-state index in [-0.39, 0.29) is 28.2 Å². The van der Waals surface area contributed by atoms with E-state index in [4.69, 9.17) is 13.9 Å². The van der Waals surface area contributed by atoms with Crippen molar-refractivity contribution in [1.29, 1.82) is 0 Å². The highest BCUT2D eigenvalue weighted by Crippen LogP contribution is 2.36. The van der Waals surface area contributed by atoms with Crippen molar-refractivity contribution < 1.29 is 35.4 Å². The molecule has 1 aliphatic heterocycles. The summed E-state index contributed by atoms with van der Waals surface area (Å²) in [6, 6.07) is 5.49. The minimum absolute atomic E-state index is 0. The first-order valence-electron chi connectivity index (χ1n) is 14.4. The van der Waals surface area contributed by atoms with Crippen LogP contribution in [0, 0.1) is 0 Å². The Balaban J connectivity index is 0.00000420. The molecule has 39 heavy (non-hydrogen) atoms. The summed E-state index contributed by atoms with van der Waals surface area (Å²) in [5.41, 5.74) is 2.73. The van der Waals surface area contributed by atoms with Gasteiger partial charge >= 0.3 is 5.63 Å². The number of benzene rings is 1. The lowest BCUT2D eigenvalue weighted by Crippen LogP contribution is -3.00. The molecule has 1 aliphatic rings. The van der Waals surface area contributed by atoms with Gasteiger partial charge in [0.1, 0.15) is 22.6 Å². The summed E-state index contributed by atoms with van der Waals surface area (Å²) < 4.78 is 20.5. The van der Waals surface area contributed by atoms with Gasteiger partial charge in [-0.2, -0.15) is 0 Å². The normalized spacial score (nSPS) is 14.6. The van der Waals surface area contributed by atoms with E-state index in [0.717, 1.165) is 53.8 Å². The second-order valence-corrected chi connectivity index (χ2v) is 11.3. The van der Waals surface area contributed by atoms with Crippen LogP contribution in [0.4, 0.5) is 0 Å². The molecule has 0 unspecified atom stereocenters. The smallest absolute Gasteiger partial charge is 0.336 e. The van der Waals surface area contributed by atoms with Crippen molar-refractivity contribution in [1.82, 2.24) is 15.0 Å². The SMILES string of the molecule is CC[N+](CC)(CC)CCCCCCOCc1cn(Cc2cc(=O)oc3cc4c(cc23)CCC(C)(C)O4)nn1.[Br-]. The molecule has 216 valence electrons. The zero-order valence-electron chi connectivity index (χ0n) is 24.3. The molecule has 3 heterocycles. The van der Waals surface area contributed by atoms with Crippen molar-refractivity contribution in [3.8, 4) is 5.75 Å². The van der Waals surface area contributed by atoms with Crippen LogP contribution in [0.2, 0.25) is 0 Å². The fraction of sp³-hybridized carbons (Fsp3) is 0.633. The van der Waals surface area contributed by atoms with Crippen LogP contribution in [0.3, 0.4) is 0 Å². The van der Waals surface area contributed by atoms with Crippen molar-refractivity contribution in [2.75, 3.05) is 32.8 Å². The molecular weight excluding hydrogens is 560 g/mol. The lowest BCUT2D eigenvalue weighted by Gasteiger charge is -2.35. The lowest BCUT2D eigenvalue weighted by molar-refractivity contribution is -0.923. The molecule has 4 rings (SSSR count). The van der Waals surface area contributed by atoms with Crippen LogP contribution < -0.4 is 27.3 Å². The number of hydrogen-bond donors (Lipinski definition) is 0. The number of nitrogens with zero attached hydrogens (tertiary/aromatic N) is 4. The van der Waals surface area contributed by atoms with Crippen molar-refractivity contribution in [2.45, 2.75) is 91.9 Å². The minimum Gasteiger partial charge on any atom is -1.00 e. The number of aromatic nitrogens is 3. The van der Waals surface area contributed by atoms with Gasteiger partial charge in [-0.15, -0.1) is 5.10 Å². The number of unbranched alkanes of at least 4 members (excludes halogenated alkanes) is 3. The Morgan fingerprint density at radius 1 is 1.05 bits per heavy atom. The summed E-state index contributed by atoms with van der Waals surface area (Å²) in [5, 5.41) is 9.45. The van der Waals surface area contributed by atoms with Crippen LogP contribution >= 0.6 is 0 Å². The highest BCUT2D eigenvalue weighted by atomic mass is 79.9. The van der Waals surface area contributed by atoms with E-state index >= 15 is 0 Å². The second kappa shape index (κ2) is 13.9. The van der Waals surface area contributed by atoms with Crippen molar-refractivity contribution in [2.24, 2.45) is 0 Å². The van der Waals surface area contributed by atoms with E-state index in [2.05, 4.69) is 51.0 Å². The van der Waals surface area contributed by atoms with Gasteiger partial charge in [-0.3, -0.25) is 0 Å². The maximum Gasteiger partial charge on any atom is 0.336 e. The summed E-state index contributed by atoms with van der Waals surface area (Å²) in [4.78, 5) is 12.3. The molecule has 0 fully saturated rings. The number of rotatable bonds is 14. The number of hydrogen-bond acceptors (Lipinski definition) is 6. The van der Waals surface area contributed by atoms with Crippen LogP contribution in [-0.2, 0) is 24.3 Å². The Morgan fingerprint density at radius 2 is 1.79 bits per heavy atom. The Morgan fingerprint density at radius 3 is 2.54 bits per heavy atom. The number of aryl methyl sites for hydroxylation is 1. The molecule has 0 radical (unpaired) electrons. The fourth-order valence-corrected chi connectivity index (χ4v) is 5.49. The average Bonchev–Trinajstić information content (AvgIpc) is 3.34. The molecule has 3 aromatic rings. The molecule has 0 saturated heterocycles. The fourth-order valence-electron chi connectivity index (χ4n) is 5.49. The van der Waals surface area contributed by atoms with E-state index in [9.17, 15) is 4.79 Å². The molecule has 0 atom stereocenters. The summed E-state index contributed by atoms with van der Waals surface area (Å²) >= 11 is 0. The van der Waals surface area contributed by atoms with Gasteiger partial charge in [0.05, 0.1) is 45.5 Å². The first-order valence-corrected chi connectivity index (χ1v) is 14.4. The molecule has 8 nitrogen and oxygen atoms in total. The van der Waals surface area contributed by atoms with E-state index in [0.29, 0.717) is 18.7 Å². The monoisotopic (exact) mass is 604 g/mol. The Hall–Kier alpha value is -2.23. The van der Waals surface area contributed by atoms with Gasteiger partial charge in [-0.25, -0.2) is 9.48 Å². The van der Waals surface area contributed by atoms with Crippen molar-refractivity contribution >= 4 is 11.0 Å². The number of fused-ring (bicyclic) bond motifs is 2. The van der Waals surface area contributed by atoms with E-state index in [1.165, 1.54) is 49.9 Å². The maximum atomic E-state index is 12.3. The molecular formula is C30H45BrN4O4. The van der Waals surface area contributed by atoms with Gasteiger partial charge in [0.15, 0.2) is 0 Å². The molecule has 0 amide bonds. The van der Waals surface area contributed by atoms with Crippen LogP contribution in [0.5, 0.6) is 5.75 Å². The molecule has 1 aromatic carbocycles. The average molecular weight is 606 g/mol. The van der Waals surface area contributed by atoms with Gasteiger partial charge in [-0.1, -0.05) is 11.6 Å². The van der Waals surface area contributed by atoms with E-state index in [1.54, 1.807) is 10.7 Å². The van der Waals surface area contributed by atoms with Crippen LogP contribution in [0.1, 0.15) is 83.5 Å². The van der Waals surface area contributed by atoms with E-state index < -0.39 is 0 Å². The Kier molecular flexibility index (Phi) is 11.2. The summed E-state index contributed by atoms with van der Waals surface area (Å²) in [5.74, 6) is 0.796. The third-order valence-electron chi connectivity index (χ3n) is 8.25. The predicted octanol–water partition coefficient (Wildman–Crippen LogP) is 2.49. The van der Waals surface area contributed by atoms with Crippen molar-refractivity contribution in [3.05, 3.63) is 51.6 Å². The molecule has 2 aromatic heterocycles. The Labute approximate surface area is 243 Å². The summed E-state index contributed by atoms with van der Waals surface area (Å²) in [6.07, 6.45) is 8.56. The summed E-state index contributed by atoms with van der Waals surface area (Å²) in [7, 11) is 0. The number of halogens is 1. The largest absolute Gasteiger partial charge is 1.00 e. The van der Waals surface area contributed by atoms with Crippen molar-refractivity contribution in [3.63, 3.8) is 0 Å². The number of quaternary nitrogens is 1. The quantitative estimate of drug-likeness (QED) is 0.160. The topological polar surface area (TPSA) is 79.4 Å². The van der Waals surface area contributed by atoms with Gasteiger partial charge in [0.2, 0.25) is 0 Å². The Bertz CT molecular complexity index is 1260. The number of ether oxygens (including phenoxy) is 2. The highest BCUT2D eigenvalue weighted by molar-refractivity contribution is 5.83. The van der Waals surface area contributed by atoms with Gasteiger partial charge in [-0.05, 0) is 83.9 Å². The molecule has 0 aliphatic carbocycles. The first-order chi connectivity index (χ1) is 18.3. The van der Waals surface area contributed by atoms with Crippen LogP contribution in [0.25, 0.3) is 11.0 Å². The van der Waals surface area contributed by atoms with E-state index in [1.807, 2.05) is 12.3 Å². The lowest BCUT2D eigenvalue weighted by atomic mass is 9.93. The molecule has 9 heteroatoms. The zero-order valence-corrected chi connectivity index (χ0v) is 25.9. The van der Waals surface area contributed by atoms with Crippen LogP contribution in [0.15, 0.2) is 33.6 Å². The summed E-state index contributed by atoms with van der Waals surface area (Å²) in [6.45, 7) is 17.6. The first kappa shape index (κ1) is 31.3. The molecule has 0 spiro atoms. The molecule has 0 saturated carbocycles. The van der Waals surface area contributed by atoms with Crippen LogP contribution in [-0.4, -0.2) is 57.9 Å².